The van der Waals surface area contributed by atoms with Crippen molar-refractivity contribution >= 4 is 22.4 Å². The van der Waals surface area contributed by atoms with Gasteiger partial charge in [-0.15, -0.1) is 11.3 Å². The molecule has 1 aromatic heterocycles. The molecule has 5 heteroatoms. The minimum absolute atomic E-state index is 0.154. The highest BCUT2D eigenvalue weighted by Gasteiger charge is 2.20. The van der Waals surface area contributed by atoms with Gasteiger partial charge in [-0.2, -0.15) is 0 Å². The van der Waals surface area contributed by atoms with E-state index < -0.39 is 5.97 Å². The van der Waals surface area contributed by atoms with E-state index in [1.807, 2.05) is 0 Å². The fourth-order valence-electron chi connectivity index (χ4n) is 1.22. The second kappa shape index (κ2) is 5.04. The first-order valence-corrected chi connectivity index (χ1v) is 6.48. The summed E-state index contributed by atoms with van der Waals surface area (Å²) in [7, 11) is 0. The Morgan fingerprint density at radius 3 is 2.53 bits per heavy atom. The molecule has 1 atom stereocenters. The summed E-state index contributed by atoms with van der Waals surface area (Å²) in [5, 5.41) is 12.8. The number of rotatable bonds is 4. The SMILES string of the molecule is Cc1sc(NCC(C)C(C)(C)C)nc1C(=O)O. The molecule has 0 spiro atoms. The summed E-state index contributed by atoms with van der Waals surface area (Å²) >= 11 is 1.39. The molecule has 0 aliphatic heterocycles. The zero-order valence-electron chi connectivity index (χ0n) is 11.0. The molecule has 0 fully saturated rings. The van der Waals surface area contributed by atoms with Crippen LogP contribution in [0.5, 0.6) is 0 Å². The lowest BCUT2D eigenvalue weighted by atomic mass is 9.82. The Labute approximate surface area is 106 Å². The molecule has 1 aromatic rings. The molecule has 0 aliphatic carbocycles. The maximum absolute atomic E-state index is 10.8. The van der Waals surface area contributed by atoms with Crippen LogP contribution in [0.3, 0.4) is 0 Å². The summed E-state index contributed by atoms with van der Waals surface area (Å²) in [6, 6.07) is 0. The number of hydrogen-bond donors (Lipinski definition) is 2. The lowest BCUT2D eigenvalue weighted by Crippen LogP contribution is -2.24. The Hall–Kier alpha value is -1.10. The van der Waals surface area contributed by atoms with E-state index in [0.717, 1.165) is 11.4 Å². The fourth-order valence-corrected chi connectivity index (χ4v) is 2.03. The summed E-state index contributed by atoms with van der Waals surface area (Å²) in [4.78, 5) is 15.7. The van der Waals surface area contributed by atoms with Crippen molar-refractivity contribution in [3.63, 3.8) is 0 Å². The number of thiazole rings is 1. The fraction of sp³-hybridized carbons (Fsp3) is 0.667. The van der Waals surface area contributed by atoms with Crippen molar-refractivity contribution in [2.24, 2.45) is 11.3 Å². The predicted octanol–water partition coefficient (Wildman–Crippen LogP) is 3.24. The molecule has 1 rings (SSSR count). The third kappa shape index (κ3) is 3.70. The zero-order valence-corrected chi connectivity index (χ0v) is 11.8. The highest BCUT2D eigenvalue weighted by Crippen LogP contribution is 2.27. The van der Waals surface area contributed by atoms with Crippen molar-refractivity contribution in [1.82, 2.24) is 4.98 Å². The number of nitrogens with one attached hydrogen (secondary N) is 1. The van der Waals surface area contributed by atoms with Gasteiger partial charge < -0.3 is 10.4 Å². The highest BCUT2D eigenvalue weighted by atomic mass is 32.1. The number of aromatic nitrogens is 1. The van der Waals surface area contributed by atoms with Crippen molar-refractivity contribution < 1.29 is 9.90 Å². The van der Waals surface area contributed by atoms with E-state index in [1.165, 1.54) is 11.3 Å². The molecule has 0 amide bonds. The van der Waals surface area contributed by atoms with E-state index in [0.29, 0.717) is 11.0 Å². The third-order valence-electron chi connectivity index (χ3n) is 3.04. The summed E-state index contributed by atoms with van der Waals surface area (Å²) in [5.41, 5.74) is 0.385. The van der Waals surface area contributed by atoms with Gasteiger partial charge in [-0.05, 0) is 18.3 Å². The number of nitrogens with zero attached hydrogens (tertiary/aromatic N) is 1. The number of carbonyl (C=O) groups is 1. The first-order valence-electron chi connectivity index (χ1n) is 5.66. The molecule has 96 valence electrons. The van der Waals surface area contributed by atoms with Crippen LogP contribution >= 0.6 is 11.3 Å². The molecule has 1 heterocycles. The van der Waals surface area contributed by atoms with Crippen molar-refractivity contribution in [2.75, 3.05) is 11.9 Å². The lowest BCUT2D eigenvalue weighted by Gasteiger charge is -2.27. The van der Waals surface area contributed by atoms with E-state index in [1.54, 1.807) is 6.92 Å². The molecular formula is C12H20N2O2S. The van der Waals surface area contributed by atoms with Crippen LogP contribution in [0.1, 0.15) is 43.1 Å². The van der Waals surface area contributed by atoms with Gasteiger partial charge in [-0.1, -0.05) is 27.7 Å². The number of carboxylic acids is 1. The van der Waals surface area contributed by atoms with E-state index in [2.05, 4.69) is 38.0 Å². The van der Waals surface area contributed by atoms with Crippen molar-refractivity contribution in [2.45, 2.75) is 34.6 Å². The van der Waals surface area contributed by atoms with Crippen LogP contribution < -0.4 is 5.32 Å². The molecule has 17 heavy (non-hydrogen) atoms. The van der Waals surface area contributed by atoms with Crippen LogP contribution in [0.15, 0.2) is 0 Å². The molecule has 0 aromatic carbocycles. The topological polar surface area (TPSA) is 62.2 Å². The molecule has 4 nitrogen and oxygen atoms in total. The van der Waals surface area contributed by atoms with Gasteiger partial charge in [0.25, 0.3) is 0 Å². The van der Waals surface area contributed by atoms with Crippen molar-refractivity contribution in [3.05, 3.63) is 10.6 Å². The maximum atomic E-state index is 10.8. The standard InChI is InChI=1S/C12H20N2O2S/c1-7(12(3,4)5)6-13-11-14-9(10(15)16)8(2)17-11/h7H,6H2,1-5H3,(H,13,14)(H,15,16). The van der Waals surface area contributed by atoms with Gasteiger partial charge >= 0.3 is 5.97 Å². The summed E-state index contributed by atoms with van der Waals surface area (Å²) < 4.78 is 0. The predicted molar refractivity (Wildman–Crippen MR) is 70.9 cm³/mol. The van der Waals surface area contributed by atoms with Crippen LogP contribution in [0, 0.1) is 18.3 Å². The molecule has 0 saturated carbocycles. The maximum Gasteiger partial charge on any atom is 0.355 e. The largest absolute Gasteiger partial charge is 0.476 e. The number of carboxylic acid groups (broad SMARTS) is 1. The molecule has 0 aliphatic rings. The van der Waals surface area contributed by atoms with E-state index >= 15 is 0 Å². The molecule has 2 N–H and O–H groups in total. The van der Waals surface area contributed by atoms with E-state index in [9.17, 15) is 4.79 Å². The Kier molecular flexibility index (Phi) is 4.14. The van der Waals surface area contributed by atoms with Gasteiger partial charge in [0.1, 0.15) is 0 Å². The highest BCUT2D eigenvalue weighted by molar-refractivity contribution is 7.15. The summed E-state index contributed by atoms with van der Waals surface area (Å²) in [6.07, 6.45) is 0. The second-order valence-corrected chi connectivity index (χ2v) is 6.58. The number of aromatic carboxylic acids is 1. The average molecular weight is 256 g/mol. The van der Waals surface area contributed by atoms with Crippen LogP contribution in [0.2, 0.25) is 0 Å². The zero-order chi connectivity index (χ0) is 13.2. The minimum atomic E-state index is -0.962. The van der Waals surface area contributed by atoms with Crippen molar-refractivity contribution in [3.8, 4) is 0 Å². The third-order valence-corrected chi connectivity index (χ3v) is 3.97. The Morgan fingerprint density at radius 2 is 2.12 bits per heavy atom. The summed E-state index contributed by atoms with van der Waals surface area (Å²) in [5.74, 6) is -0.476. The lowest BCUT2D eigenvalue weighted by molar-refractivity contribution is 0.0690. The van der Waals surface area contributed by atoms with Gasteiger partial charge in [-0.25, -0.2) is 9.78 Å². The second-order valence-electron chi connectivity index (χ2n) is 5.38. The van der Waals surface area contributed by atoms with E-state index in [4.69, 9.17) is 5.11 Å². The van der Waals surface area contributed by atoms with Crippen molar-refractivity contribution in [1.29, 1.82) is 0 Å². The molecular weight excluding hydrogens is 236 g/mol. The van der Waals surface area contributed by atoms with Crippen LogP contribution in [0.4, 0.5) is 5.13 Å². The van der Waals surface area contributed by atoms with Gasteiger partial charge in [0, 0.05) is 11.4 Å². The van der Waals surface area contributed by atoms with E-state index in [-0.39, 0.29) is 11.1 Å². The van der Waals surface area contributed by atoms with Crippen LogP contribution in [0.25, 0.3) is 0 Å². The van der Waals surface area contributed by atoms with Gasteiger partial charge in [0.2, 0.25) is 0 Å². The van der Waals surface area contributed by atoms with Gasteiger partial charge in [-0.3, -0.25) is 0 Å². The Balaban J connectivity index is 2.65. The summed E-state index contributed by atoms with van der Waals surface area (Å²) in [6.45, 7) is 11.3. The smallest absolute Gasteiger partial charge is 0.355 e. The van der Waals surface area contributed by atoms with Crippen LogP contribution in [-0.4, -0.2) is 22.6 Å². The number of hydrogen-bond acceptors (Lipinski definition) is 4. The number of anilines is 1. The Morgan fingerprint density at radius 1 is 1.53 bits per heavy atom. The monoisotopic (exact) mass is 256 g/mol. The van der Waals surface area contributed by atoms with Crippen LogP contribution in [-0.2, 0) is 0 Å². The molecule has 0 saturated heterocycles. The number of aryl methyl sites for hydroxylation is 1. The molecule has 0 radical (unpaired) electrons. The minimum Gasteiger partial charge on any atom is -0.476 e. The van der Waals surface area contributed by atoms with Gasteiger partial charge in [0.05, 0.1) is 0 Å². The normalized spacial score (nSPS) is 13.5. The van der Waals surface area contributed by atoms with Gasteiger partial charge in [0.15, 0.2) is 10.8 Å². The Bertz CT molecular complexity index is 407. The quantitative estimate of drug-likeness (QED) is 0.868. The molecule has 1 unspecified atom stereocenters. The first-order chi connectivity index (χ1) is 7.71. The average Bonchev–Trinajstić information content (AvgIpc) is 2.54. The first kappa shape index (κ1) is 14.0. The molecule has 0 bridgehead atoms.